The molecule has 4 aromatic rings. The molecule has 0 spiro atoms. The van der Waals surface area contributed by atoms with E-state index < -0.39 is 34.6 Å². The smallest absolute Gasteiger partial charge is 0.326 e. The molecule has 41 heavy (non-hydrogen) atoms. The van der Waals surface area contributed by atoms with Gasteiger partial charge < -0.3 is 5.32 Å². The number of rotatable bonds is 5. The lowest BCUT2D eigenvalue weighted by atomic mass is 10.0. The van der Waals surface area contributed by atoms with Gasteiger partial charge >= 0.3 is 6.03 Å². The number of pyridine rings is 1. The summed E-state index contributed by atoms with van der Waals surface area (Å²) in [6.45, 7) is 1.12. The fourth-order valence-corrected chi connectivity index (χ4v) is 4.97. The van der Waals surface area contributed by atoms with E-state index in [4.69, 9.17) is 11.6 Å². The summed E-state index contributed by atoms with van der Waals surface area (Å²) in [4.78, 5) is 19.1. The van der Waals surface area contributed by atoms with Crippen LogP contribution in [0.25, 0.3) is 17.0 Å². The van der Waals surface area contributed by atoms with Crippen molar-refractivity contribution in [3.05, 3.63) is 105 Å². The summed E-state index contributed by atoms with van der Waals surface area (Å²) >= 11 is 5.93. The minimum absolute atomic E-state index is 0. The molecule has 2 aromatic heterocycles. The van der Waals surface area contributed by atoms with Crippen molar-refractivity contribution in [2.45, 2.75) is 19.5 Å². The van der Waals surface area contributed by atoms with E-state index in [-0.39, 0.29) is 31.5 Å². The quantitative estimate of drug-likeness (QED) is 0.121. The van der Waals surface area contributed by atoms with E-state index in [1.54, 1.807) is 34.9 Å². The van der Waals surface area contributed by atoms with Gasteiger partial charge in [-0.1, -0.05) is 23.8 Å². The highest BCUT2D eigenvalue weighted by Gasteiger charge is 2.27. The van der Waals surface area contributed by atoms with E-state index in [9.17, 15) is 32.0 Å². The Labute approximate surface area is 242 Å². The van der Waals surface area contributed by atoms with Crippen LogP contribution in [0.4, 0.5) is 26.7 Å². The Hall–Kier alpha value is -3.98. The predicted molar refractivity (Wildman–Crippen MR) is 145 cm³/mol. The number of hydrogen-bond acceptors (Lipinski definition) is 4. The van der Waals surface area contributed by atoms with Gasteiger partial charge in [0.15, 0.2) is 23.3 Å². The average Bonchev–Trinajstić information content (AvgIpc) is 3.28. The number of aromatic nitrogens is 2. The molecule has 0 atom stereocenters. The Balaban J connectivity index is 0.00000387. The topological polar surface area (TPSA) is 74.0 Å². The third kappa shape index (κ3) is 5.77. The number of hydrogen-bond donors (Lipinski definition) is 1. The molecule has 6 nitrogen and oxygen atoms in total. The van der Waals surface area contributed by atoms with Crippen LogP contribution in [0.2, 0.25) is 5.15 Å². The van der Waals surface area contributed by atoms with Crippen molar-refractivity contribution in [2.24, 2.45) is 0 Å². The van der Waals surface area contributed by atoms with Crippen molar-refractivity contribution < 1.29 is 26.7 Å². The number of nitrogens with zero attached hydrogens (tertiary/aromatic N) is 4. The van der Waals surface area contributed by atoms with Crippen LogP contribution in [-0.2, 0) is 19.5 Å². The molecular weight excluding hydrogens is 588 g/mol. The molecule has 212 valence electrons. The van der Waals surface area contributed by atoms with Gasteiger partial charge in [0.2, 0.25) is 5.82 Å². The van der Waals surface area contributed by atoms with Gasteiger partial charge in [0.1, 0.15) is 5.15 Å². The summed E-state index contributed by atoms with van der Waals surface area (Å²) in [6.07, 6.45) is 4.14. The molecular formula is C28H20Cl2F5N5O. The molecule has 1 N–H and O–H groups in total. The first-order chi connectivity index (χ1) is 19.2. The summed E-state index contributed by atoms with van der Waals surface area (Å²) in [5.74, 6) is -10.0. The molecule has 0 fully saturated rings. The zero-order valence-corrected chi connectivity index (χ0v) is 22.6. The fourth-order valence-electron chi connectivity index (χ4n) is 4.77. The first kappa shape index (κ1) is 30.0. The number of fused-ring (bicyclic) bond motifs is 3. The van der Waals surface area contributed by atoms with Crippen molar-refractivity contribution in [2.75, 3.05) is 13.1 Å². The number of halogens is 7. The van der Waals surface area contributed by atoms with Gasteiger partial charge in [-0.25, -0.2) is 31.7 Å². The van der Waals surface area contributed by atoms with Crippen LogP contribution in [0.15, 0.2) is 42.6 Å². The molecule has 1 amide bonds. The number of carbonyl (C=O) groups is 1. The lowest BCUT2D eigenvalue weighted by Crippen LogP contribution is -2.34. The molecule has 0 bridgehead atoms. The maximum Gasteiger partial charge on any atom is 0.326 e. The van der Waals surface area contributed by atoms with Gasteiger partial charge in [-0.05, 0) is 41.5 Å². The zero-order chi connectivity index (χ0) is 28.6. The molecule has 0 saturated carbocycles. The minimum atomic E-state index is -2.21. The average molecular weight is 608 g/mol. The molecule has 0 aliphatic carbocycles. The second-order valence-corrected chi connectivity index (χ2v) is 9.51. The first-order valence-corrected chi connectivity index (χ1v) is 12.4. The van der Waals surface area contributed by atoms with Crippen LogP contribution >= 0.6 is 24.0 Å². The Morgan fingerprint density at radius 2 is 1.78 bits per heavy atom. The van der Waals surface area contributed by atoms with Gasteiger partial charge in [0.05, 0.1) is 22.7 Å². The van der Waals surface area contributed by atoms with Crippen molar-refractivity contribution in [3.8, 4) is 6.07 Å². The molecule has 5 rings (SSSR count). The maximum atomic E-state index is 14.0. The molecule has 1 aliphatic heterocycles. The van der Waals surface area contributed by atoms with Crippen LogP contribution in [-0.4, -0.2) is 33.6 Å². The summed E-state index contributed by atoms with van der Waals surface area (Å²) in [6, 6.07) is 10.1. The largest absolute Gasteiger partial charge is 0.333 e. The minimum Gasteiger partial charge on any atom is -0.333 e. The summed E-state index contributed by atoms with van der Waals surface area (Å²) in [5, 5.41) is 13.3. The van der Waals surface area contributed by atoms with Crippen LogP contribution in [0.3, 0.4) is 0 Å². The molecule has 3 heterocycles. The standard InChI is InChI=1S/C28H19ClF5N5O.ClH/c29-22-11-16(5-7-36-22)13-37-28(40)39-20-4-3-15(12-35)10-18(20)19-14-38(9-6-21(19)39)8-1-2-17-23(30)25(32)27(34)26(33)24(17)31;/h1-5,7,10-11H,6,8-9,13-14H2,(H,37,40);1H/b2-1+;. The van der Waals surface area contributed by atoms with Crippen LogP contribution < -0.4 is 5.32 Å². The summed E-state index contributed by atoms with van der Waals surface area (Å²) < 4.78 is 70.0. The van der Waals surface area contributed by atoms with Crippen molar-refractivity contribution in [3.63, 3.8) is 0 Å². The highest BCUT2D eigenvalue weighted by atomic mass is 35.5. The van der Waals surface area contributed by atoms with Gasteiger partial charge in [-0.15, -0.1) is 12.4 Å². The summed E-state index contributed by atoms with van der Waals surface area (Å²) in [5.41, 5.74) is 2.30. The number of nitriles is 1. The Bertz CT molecular complexity index is 1700. The number of amides is 1. The third-order valence-electron chi connectivity index (χ3n) is 6.69. The van der Waals surface area contributed by atoms with Crippen molar-refractivity contribution in [1.82, 2.24) is 19.8 Å². The molecule has 0 radical (unpaired) electrons. The lowest BCUT2D eigenvalue weighted by Gasteiger charge is -2.27. The van der Waals surface area contributed by atoms with Crippen LogP contribution in [0, 0.1) is 40.4 Å². The van der Waals surface area contributed by atoms with Gasteiger partial charge in [-0.3, -0.25) is 9.47 Å². The molecule has 2 aromatic carbocycles. The fraction of sp³-hybridized carbons (Fsp3) is 0.179. The highest BCUT2D eigenvalue weighted by Crippen LogP contribution is 2.32. The maximum absolute atomic E-state index is 14.0. The van der Waals surface area contributed by atoms with E-state index in [0.717, 1.165) is 22.9 Å². The number of nitrogens with one attached hydrogen (secondary N) is 1. The Morgan fingerprint density at radius 1 is 1.07 bits per heavy atom. The van der Waals surface area contributed by atoms with E-state index >= 15 is 0 Å². The van der Waals surface area contributed by atoms with E-state index in [1.165, 1.54) is 12.3 Å². The number of benzene rings is 2. The first-order valence-electron chi connectivity index (χ1n) is 12.0. The van der Waals surface area contributed by atoms with Crippen molar-refractivity contribution >= 4 is 47.0 Å². The van der Waals surface area contributed by atoms with Gasteiger partial charge in [0.25, 0.3) is 0 Å². The molecule has 0 unspecified atom stereocenters. The van der Waals surface area contributed by atoms with E-state index in [2.05, 4.69) is 16.4 Å². The Morgan fingerprint density at radius 3 is 2.46 bits per heavy atom. The van der Waals surface area contributed by atoms with E-state index in [0.29, 0.717) is 41.1 Å². The van der Waals surface area contributed by atoms with Crippen LogP contribution in [0.5, 0.6) is 0 Å². The predicted octanol–water partition coefficient (Wildman–Crippen LogP) is 6.51. The van der Waals surface area contributed by atoms with Crippen LogP contribution in [0.1, 0.15) is 27.9 Å². The third-order valence-corrected chi connectivity index (χ3v) is 6.89. The van der Waals surface area contributed by atoms with E-state index in [1.807, 2.05) is 4.90 Å². The molecule has 1 aliphatic rings. The lowest BCUT2D eigenvalue weighted by molar-refractivity contribution is 0.240. The molecule has 0 saturated heterocycles. The van der Waals surface area contributed by atoms with Gasteiger partial charge in [-0.2, -0.15) is 5.26 Å². The second kappa shape index (κ2) is 12.3. The zero-order valence-electron chi connectivity index (χ0n) is 21.0. The highest BCUT2D eigenvalue weighted by molar-refractivity contribution is 6.29. The number of carbonyl (C=O) groups excluding carboxylic acids is 1. The molecule has 13 heteroatoms. The van der Waals surface area contributed by atoms with Crippen molar-refractivity contribution in [1.29, 1.82) is 5.26 Å². The SMILES string of the molecule is Cl.N#Cc1ccc2c(c1)c1c(n2C(=O)NCc2ccnc(Cl)c2)CCN(C/C=C/c2c(F)c(F)c(F)c(F)c2F)C1. The second-order valence-electron chi connectivity index (χ2n) is 9.12. The Kier molecular flexibility index (Phi) is 8.97. The summed E-state index contributed by atoms with van der Waals surface area (Å²) in [7, 11) is 0. The monoisotopic (exact) mass is 607 g/mol. The normalized spacial score (nSPS) is 13.2. The van der Waals surface area contributed by atoms with Gasteiger partial charge in [0, 0.05) is 49.9 Å².